The molecular weight excluding hydrogens is 480 g/mol. The van der Waals surface area contributed by atoms with Crippen LogP contribution in [-0.2, 0) is 16.1 Å². The Kier molecular flexibility index (Phi) is 7.57. The summed E-state index contributed by atoms with van der Waals surface area (Å²) < 4.78 is 5.08. The molecule has 1 unspecified atom stereocenters. The van der Waals surface area contributed by atoms with Gasteiger partial charge in [-0.1, -0.05) is 30.3 Å². The lowest BCUT2D eigenvalue weighted by Crippen LogP contribution is -2.34. The Morgan fingerprint density at radius 2 is 1.86 bits per heavy atom. The predicted molar refractivity (Wildman–Crippen MR) is 136 cm³/mol. The van der Waals surface area contributed by atoms with Crippen LogP contribution in [0.5, 0.6) is 0 Å². The number of hydrogen-bond acceptors (Lipinski definition) is 7. The lowest BCUT2D eigenvalue weighted by molar-refractivity contribution is -0.139. The Balaban J connectivity index is 1.41. The van der Waals surface area contributed by atoms with Gasteiger partial charge < -0.3 is 26.2 Å². The van der Waals surface area contributed by atoms with E-state index in [-0.39, 0.29) is 12.2 Å². The number of aliphatic carboxylic acids is 1. The number of benzene rings is 2. The monoisotopic (exact) mass is 502 g/mol. The van der Waals surface area contributed by atoms with E-state index < -0.39 is 24.0 Å². The number of carbonyl (C=O) groups excluding carboxylic acids is 2. The molecule has 10 heteroatoms. The molecule has 2 aromatic carbocycles. The molecule has 4 aromatic rings. The number of carbonyl (C=O) groups is 3. The third-order valence-corrected chi connectivity index (χ3v) is 6.13. The topological polar surface area (TPSA) is 144 Å². The van der Waals surface area contributed by atoms with E-state index in [1.54, 1.807) is 41.8 Å². The molecule has 182 valence electrons. The van der Waals surface area contributed by atoms with Crippen molar-refractivity contribution in [2.75, 3.05) is 11.1 Å². The molecule has 0 spiro atoms. The smallest absolute Gasteiger partial charge is 0.408 e. The van der Waals surface area contributed by atoms with E-state index in [0.29, 0.717) is 22.5 Å². The molecule has 36 heavy (non-hydrogen) atoms. The maximum Gasteiger partial charge on any atom is 0.408 e. The first-order valence-corrected chi connectivity index (χ1v) is 11.7. The number of aromatic nitrogens is 1. The van der Waals surface area contributed by atoms with E-state index in [1.165, 1.54) is 30.5 Å². The van der Waals surface area contributed by atoms with E-state index in [9.17, 15) is 19.5 Å². The molecule has 2 aromatic heterocycles. The van der Waals surface area contributed by atoms with Gasteiger partial charge in [-0.3, -0.25) is 9.78 Å². The van der Waals surface area contributed by atoms with Crippen molar-refractivity contribution >= 4 is 40.7 Å². The fourth-order valence-corrected chi connectivity index (χ4v) is 4.09. The van der Waals surface area contributed by atoms with Gasteiger partial charge >= 0.3 is 12.1 Å². The summed E-state index contributed by atoms with van der Waals surface area (Å²) in [7, 11) is 0. The first-order valence-electron chi connectivity index (χ1n) is 10.8. The van der Waals surface area contributed by atoms with Crippen LogP contribution in [0.2, 0.25) is 0 Å². The van der Waals surface area contributed by atoms with Gasteiger partial charge in [0.15, 0.2) is 6.04 Å². The normalized spacial score (nSPS) is 11.3. The van der Waals surface area contributed by atoms with Crippen molar-refractivity contribution in [2.24, 2.45) is 0 Å². The zero-order valence-electron chi connectivity index (χ0n) is 18.9. The van der Waals surface area contributed by atoms with E-state index >= 15 is 0 Å². The number of anilines is 2. The molecule has 0 fully saturated rings. The molecule has 1 atom stereocenters. The maximum absolute atomic E-state index is 12.8. The standard InChI is InChI=1S/C26H22N4O5S/c27-20-10-9-19(22-4-2-12-36-22)13-21(20)29-24(31)18-7-5-17(6-8-18)23(25(32)33)30-26(34)35-15-16-3-1-11-28-14-16/h1-14,23H,15,27H2,(H,29,31)(H,30,34)(H,32,33). The summed E-state index contributed by atoms with van der Waals surface area (Å²) >= 11 is 1.58. The predicted octanol–water partition coefficient (Wildman–Crippen LogP) is 4.70. The second-order valence-corrected chi connectivity index (χ2v) is 8.66. The van der Waals surface area contributed by atoms with E-state index in [2.05, 4.69) is 15.6 Å². The molecule has 2 heterocycles. The summed E-state index contributed by atoms with van der Waals surface area (Å²) in [5.41, 5.74) is 9.09. The Bertz CT molecular complexity index is 1360. The van der Waals surface area contributed by atoms with Crippen LogP contribution in [0.1, 0.15) is 27.5 Å². The summed E-state index contributed by atoms with van der Waals surface area (Å²) in [5, 5.41) is 16.7. The van der Waals surface area contributed by atoms with Gasteiger partial charge in [-0.2, -0.15) is 0 Å². The van der Waals surface area contributed by atoms with Gasteiger partial charge in [0.05, 0.1) is 11.4 Å². The van der Waals surface area contributed by atoms with Crippen molar-refractivity contribution in [2.45, 2.75) is 12.6 Å². The first-order chi connectivity index (χ1) is 17.4. The van der Waals surface area contributed by atoms with E-state index in [4.69, 9.17) is 10.5 Å². The lowest BCUT2D eigenvalue weighted by atomic mass is 10.0. The van der Waals surface area contributed by atoms with Crippen LogP contribution in [0.25, 0.3) is 10.4 Å². The van der Waals surface area contributed by atoms with Gasteiger partial charge in [0.1, 0.15) is 6.61 Å². The molecule has 4 rings (SSSR count). The Morgan fingerprint density at radius 1 is 1.06 bits per heavy atom. The minimum atomic E-state index is -1.36. The molecule has 0 aliphatic rings. The number of carboxylic acid groups (broad SMARTS) is 1. The number of carboxylic acids is 1. The minimum absolute atomic E-state index is 0.0536. The number of rotatable bonds is 8. The van der Waals surface area contributed by atoms with Gasteiger partial charge in [-0.15, -0.1) is 11.3 Å². The van der Waals surface area contributed by atoms with Crippen LogP contribution < -0.4 is 16.4 Å². The zero-order valence-corrected chi connectivity index (χ0v) is 19.7. The molecule has 0 bridgehead atoms. The highest BCUT2D eigenvalue weighted by molar-refractivity contribution is 7.13. The highest BCUT2D eigenvalue weighted by Gasteiger charge is 2.23. The molecular formula is C26H22N4O5S. The van der Waals surface area contributed by atoms with Crippen molar-refractivity contribution in [3.63, 3.8) is 0 Å². The highest BCUT2D eigenvalue weighted by atomic mass is 32.1. The first kappa shape index (κ1) is 24.4. The average molecular weight is 503 g/mol. The minimum Gasteiger partial charge on any atom is -0.479 e. The van der Waals surface area contributed by atoms with Crippen LogP contribution in [0.15, 0.2) is 84.5 Å². The molecule has 5 N–H and O–H groups in total. The number of thiophene rings is 1. The Morgan fingerprint density at radius 3 is 2.53 bits per heavy atom. The third-order valence-electron chi connectivity index (χ3n) is 5.22. The van der Waals surface area contributed by atoms with Crippen LogP contribution in [0, 0.1) is 0 Å². The molecule has 9 nitrogen and oxygen atoms in total. The molecule has 0 aliphatic carbocycles. The molecule has 0 radical (unpaired) electrons. The number of pyridine rings is 1. The second kappa shape index (κ2) is 11.2. The van der Waals surface area contributed by atoms with Gasteiger partial charge in [-0.05, 0) is 52.9 Å². The largest absolute Gasteiger partial charge is 0.479 e. The number of amides is 2. The van der Waals surface area contributed by atoms with Crippen molar-refractivity contribution in [1.82, 2.24) is 10.3 Å². The number of ether oxygens (including phenoxy) is 1. The number of nitrogens with zero attached hydrogens (tertiary/aromatic N) is 1. The quantitative estimate of drug-likeness (QED) is 0.256. The average Bonchev–Trinajstić information content (AvgIpc) is 3.43. The van der Waals surface area contributed by atoms with Crippen LogP contribution in [0.3, 0.4) is 0 Å². The van der Waals surface area contributed by atoms with Crippen molar-refractivity contribution in [1.29, 1.82) is 0 Å². The number of nitrogen functional groups attached to an aromatic ring is 1. The van der Waals surface area contributed by atoms with E-state index in [0.717, 1.165) is 10.4 Å². The fraction of sp³-hybridized carbons (Fsp3) is 0.0769. The highest BCUT2D eigenvalue weighted by Crippen LogP contribution is 2.30. The summed E-state index contributed by atoms with van der Waals surface area (Å²) in [6, 6.07) is 17.3. The van der Waals surface area contributed by atoms with E-state index in [1.807, 2.05) is 23.6 Å². The molecule has 0 saturated carbocycles. The molecule has 0 aliphatic heterocycles. The van der Waals surface area contributed by atoms with Crippen LogP contribution in [0.4, 0.5) is 16.2 Å². The maximum atomic E-state index is 12.8. The van der Waals surface area contributed by atoms with Crippen molar-refractivity contribution in [3.8, 4) is 10.4 Å². The molecule has 0 saturated heterocycles. The summed E-state index contributed by atoms with van der Waals surface area (Å²) in [6.45, 7) is -0.0536. The van der Waals surface area contributed by atoms with Gasteiger partial charge in [-0.25, -0.2) is 9.59 Å². The van der Waals surface area contributed by atoms with Gasteiger partial charge in [0.2, 0.25) is 0 Å². The zero-order chi connectivity index (χ0) is 25.5. The Labute approximate surface area is 210 Å². The number of nitrogens with two attached hydrogens (primary N) is 1. The summed E-state index contributed by atoms with van der Waals surface area (Å²) in [4.78, 5) is 41.7. The number of hydrogen-bond donors (Lipinski definition) is 4. The number of alkyl carbamates (subject to hydrolysis) is 1. The number of nitrogens with one attached hydrogen (secondary N) is 2. The van der Waals surface area contributed by atoms with Gasteiger partial charge in [0.25, 0.3) is 5.91 Å². The van der Waals surface area contributed by atoms with Crippen molar-refractivity contribution < 1.29 is 24.2 Å². The van der Waals surface area contributed by atoms with Crippen LogP contribution in [-0.4, -0.2) is 28.1 Å². The van der Waals surface area contributed by atoms with Crippen molar-refractivity contribution in [3.05, 3.63) is 101 Å². The lowest BCUT2D eigenvalue weighted by Gasteiger charge is -2.15. The summed E-state index contributed by atoms with van der Waals surface area (Å²) in [6.07, 6.45) is 2.23. The summed E-state index contributed by atoms with van der Waals surface area (Å²) in [5.74, 6) is -1.68. The van der Waals surface area contributed by atoms with Crippen LogP contribution >= 0.6 is 11.3 Å². The SMILES string of the molecule is Nc1ccc(-c2cccs2)cc1NC(=O)c1ccc(C(NC(=O)OCc2cccnc2)C(=O)O)cc1. The third kappa shape index (κ3) is 6.05. The Hall–Kier alpha value is -4.70. The van der Waals surface area contributed by atoms with Gasteiger partial charge in [0, 0.05) is 28.4 Å². The molecule has 2 amide bonds. The fourth-order valence-electron chi connectivity index (χ4n) is 3.36. The second-order valence-electron chi connectivity index (χ2n) is 7.71.